The third-order valence-corrected chi connectivity index (χ3v) is 3.99. The van der Waals surface area contributed by atoms with Crippen molar-refractivity contribution in [2.75, 3.05) is 5.32 Å². The van der Waals surface area contributed by atoms with Crippen LogP contribution in [-0.4, -0.2) is 20.7 Å². The quantitative estimate of drug-likeness (QED) is 0.806. The largest absolute Gasteiger partial charge is 0.296 e. The molecule has 0 unspecified atom stereocenters. The van der Waals surface area contributed by atoms with Gasteiger partial charge in [0.15, 0.2) is 5.13 Å². The summed E-state index contributed by atoms with van der Waals surface area (Å²) < 4.78 is 2.58. The number of hydrogen-bond donors (Lipinski definition) is 1. The minimum absolute atomic E-state index is 0.213. The van der Waals surface area contributed by atoms with Gasteiger partial charge in [0.2, 0.25) is 0 Å². The van der Waals surface area contributed by atoms with Gasteiger partial charge < -0.3 is 0 Å². The molecule has 0 aliphatic carbocycles. The predicted octanol–water partition coefficient (Wildman–Crippen LogP) is 3.42. The normalized spacial score (nSPS) is 10.9. The number of carbonyl (C=O) groups is 1. The summed E-state index contributed by atoms with van der Waals surface area (Å²) in [5, 5.41) is 8.07. The Balaban J connectivity index is 1.87. The number of anilines is 1. The summed E-state index contributed by atoms with van der Waals surface area (Å²) in [6, 6.07) is 7.13. The van der Waals surface area contributed by atoms with Crippen LogP contribution < -0.4 is 5.32 Å². The number of thiazole rings is 1. The van der Waals surface area contributed by atoms with Crippen LogP contribution in [0.1, 0.15) is 17.4 Å². The Bertz CT molecular complexity index is 780. The van der Waals surface area contributed by atoms with Gasteiger partial charge in [0, 0.05) is 17.8 Å². The summed E-state index contributed by atoms with van der Waals surface area (Å²) in [6.07, 6.45) is 1.61. The fraction of sp³-hybridized carbons (Fsp3) is 0.154. The number of amides is 1. The molecule has 102 valence electrons. The van der Waals surface area contributed by atoms with Crippen LogP contribution in [0.3, 0.4) is 0 Å². The molecular formula is C13H11ClN4OS. The number of rotatable bonds is 3. The Labute approximate surface area is 124 Å². The highest BCUT2D eigenvalue weighted by Gasteiger charge is 2.13. The lowest BCUT2D eigenvalue weighted by Crippen LogP contribution is -2.17. The molecule has 7 heteroatoms. The second-order valence-electron chi connectivity index (χ2n) is 4.12. The van der Waals surface area contributed by atoms with Crippen molar-refractivity contribution >= 4 is 44.2 Å². The molecule has 0 saturated carbocycles. The van der Waals surface area contributed by atoms with Crippen molar-refractivity contribution in [3.05, 3.63) is 41.2 Å². The Kier molecular flexibility index (Phi) is 3.42. The smallest absolute Gasteiger partial charge is 0.275 e. The van der Waals surface area contributed by atoms with Crippen molar-refractivity contribution in [2.24, 2.45) is 0 Å². The maximum Gasteiger partial charge on any atom is 0.275 e. The molecule has 0 spiro atoms. The number of benzene rings is 1. The second kappa shape index (κ2) is 5.22. The first kappa shape index (κ1) is 13.1. The molecule has 1 aromatic carbocycles. The topological polar surface area (TPSA) is 59.8 Å². The van der Waals surface area contributed by atoms with Crippen LogP contribution >= 0.6 is 22.9 Å². The lowest BCUT2D eigenvalue weighted by Gasteiger charge is -2.03. The van der Waals surface area contributed by atoms with E-state index >= 15 is 0 Å². The molecule has 2 aromatic heterocycles. The van der Waals surface area contributed by atoms with E-state index in [1.807, 2.05) is 19.1 Å². The van der Waals surface area contributed by atoms with E-state index in [4.69, 9.17) is 11.6 Å². The molecule has 3 rings (SSSR count). The minimum atomic E-state index is -0.213. The Hall–Kier alpha value is -1.92. The van der Waals surface area contributed by atoms with Crippen molar-refractivity contribution in [1.29, 1.82) is 0 Å². The van der Waals surface area contributed by atoms with Crippen molar-refractivity contribution in [1.82, 2.24) is 14.8 Å². The zero-order valence-electron chi connectivity index (χ0n) is 10.6. The predicted molar refractivity (Wildman–Crippen MR) is 80.5 cm³/mol. The molecule has 0 radical (unpaired) electrons. The van der Waals surface area contributed by atoms with Crippen LogP contribution in [-0.2, 0) is 6.54 Å². The summed E-state index contributed by atoms with van der Waals surface area (Å²) in [4.78, 5) is 16.5. The molecule has 0 bridgehead atoms. The zero-order valence-corrected chi connectivity index (χ0v) is 12.2. The number of hydrogen-bond acceptors (Lipinski definition) is 4. The van der Waals surface area contributed by atoms with E-state index in [0.717, 1.165) is 10.2 Å². The van der Waals surface area contributed by atoms with Crippen LogP contribution in [0.4, 0.5) is 5.13 Å². The Morgan fingerprint density at radius 3 is 3.10 bits per heavy atom. The van der Waals surface area contributed by atoms with Crippen molar-refractivity contribution in [3.63, 3.8) is 0 Å². The molecule has 0 aliphatic rings. The van der Waals surface area contributed by atoms with Crippen LogP contribution in [0.15, 0.2) is 30.5 Å². The van der Waals surface area contributed by atoms with Gasteiger partial charge in [0.05, 0.1) is 10.2 Å². The summed E-state index contributed by atoms with van der Waals surface area (Å²) in [6.45, 7) is 2.58. The molecule has 0 saturated heterocycles. The van der Waals surface area contributed by atoms with E-state index in [2.05, 4.69) is 15.4 Å². The van der Waals surface area contributed by atoms with Gasteiger partial charge in [0.1, 0.15) is 5.69 Å². The number of aromatic nitrogens is 3. The maximum absolute atomic E-state index is 12.2. The third-order valence-electron chi connectivity index (χ3n) is 2.82. The van der Waals surface area contributed by atoms with Crippen LogP contribution in [0.5, 0.6) is 0 Å². The SMILES string of the molecule is CCn1nccc1C(=O)Nc1nc2ccc(Cl)cc2s1. The fourth-order valence-corrected chi connectivity index (χ4v) is 3.03. The lowest BCUT2D eigenvalue weighted by atomic mass is 10.3. The highest BCUT2D eigenvalue weighted by atomic mass is 35.5. The van der Waals surface area contributed by atoms with Gasteiger partial charge in [-0.2, -0.15) is 5.10 Å². The number of halogens is 1. The molecule has 2 heterocycles. The van der Waals surface area contributed by atoms with Gasteiger partial charge in [-0.1, -0.05) is 22.9 Å². The maximum atomic E-state index is 12.2. The van der Waals surface area contributed by atoms with Crippen molar-refractivity contribution in [2.45, 2.75) is 13.5 Å². The van der Waals surface area contributed by atoms with Gasteiger partial charge in [0.25, 0.3) is 5.91 Å². The van der Waals surface area contributed by atoms with Crippen LogP contribution in [0.2, 0.25) is 5.02 Å². The number of fused-ring (bicyclic) bond motifs is 1. The van der Waals surface area contributed by atoms with Gasteiger partial charge in [-0.15, -0.1) is 0 Å². The first-order valence-corrected chi connectivity index (χ1v) is 7.26. The van der Waals surface area contributed by atoms with Gasteiger partial charge >= 0.3 is 0 Å². The lowest BCUT2D eigenvalue weighted by molar-refractivity contribution is 0.101. The molecular weight excluding hydrogens is 296 g/mol. The van der Waals surface area contributed by atoms with Crippen LogP contribution in [0, 0.1) is 0 Å². The van der Waals surface area contributed by atoms with E-state index in [0.29, 0.717) is 22.4 Å². The number of nitrogens with one attached hydrogen (secondary N) is 1. The number of carbonyl (C=O) groups excluding carboxylic acids is 1. The first-order chi connectivity index (χ1) is 9.67. The highest BCUT2D eigenvalue weighted by Crippen LogP contribution is 2.28. The zero-order chi connectivity index (χ0) is 14.1. The van der Waals surface area contributed by atoms with E-state index in [1.165, 1.54) is 11.3 Å². The molecule has 1 amide bonds. The van der Waals surface area contributed by atoms with E-state index < -0.39 is 0 Å². The molecule has 0 aliphatic heterocycles. The summed E-state index contributed by atoms with van der Waals surface area (Å²) >= 11 is 7.33. The summed E-state index contributed by atoms with van der Waals surface area (Å²) in [5.41, 5.74) is 1.34. The van der Waals surface area contributed by atoms with Crippen molar-refractivity contribution in [3.8, 4) is 0 Å². The van der Waals surface area contributed by atoms with Gasteiger partial charge in [-0.25, -0.2) is 4.98 Å². The molecule has 3 aromatic rings. The van der Waals surface area contributed by atoms with E-state index in [-0.39, 0.29) is 5.91 Å². The van der Waals surface area contributed by atoms with Gasteiger partial charge in [-0.3, -0.25) is 14.8 Å². The minimum Gasteiger partial charge on any atom is -0.296 e. The van der Waals surface area contributed by atoms with Crippen LogP contribution in [0.25, 0.3) is 10.2 Å². The molecule has 1 N–H and O–H groups in total. The molecule has 20 heavy (non-hydrogen) atoms. The average Bonchev–Trinajstić information content (AvgIpc) is 3.03. The molecule has 0 fully saturated rings. The number of aryl methyl sites for hydroxylation is 1. The van der Waals surface area contributed by atoms with Crippen molar-refractivity contribution < 1.29 is 4.79 Å². The summed E-state index contributed by atoms with van der Waals surface area (Å²) in [5.74, 6) is -0.213. The van der Waals surface area contributed by atoms with E-state index in [1.54, 1.807) is 23.0 Å². The Morgan fingerprint density at radius 2 is 2.30 bits per heavy atom. The monoisotopic (exact) mass is 306 g/mol. The highest BCUT2D eigenvalue weighted by molar-refractivity contribution is 7.22. The number of nitrogens with zero attached hydrogens (tertiary/aromatic N) is 3. The average molecular weight is 307 g/mol. The standard InChI is InChI=1S/C13H11ClN4OS/c1-2-18-10(5-6-15-18)12(19)17-13-16-9-4-3-8(14)7-11(9)20-13/h3-7H,2H2,1H3,(H,16,17,19). The second-order valence-corrected chi connectivity index (χ2v) is 5.58. The fourth-order valence-electron chi connectivity index (χ4n) is 1.89. The Morgan fingerprint density at radius 1 is 1.45 bits per heavy atom. The van der Waals surface area contributed by atoms with E-state index in [9.17, 15) is 4.79 Å². The summed E-state index contributed by atoms with van der Waals surface area (Å²) in [7, 11) is 0. The van der Waals surface area contributed by atoms with Gasteiger partial charge in [-0.05, 0) is 31.2 Å². The third kappa shape index (κ3) is 2.39. The molecule has 5 nitrogen and oxygen atoms in total. The first-order valence-electron chi connectivity index (χ1n) is 6.06. The molecule has 0 atom stereocenters.